The molecule has 0 saturated carbocycles. The predicted molar refractivity (Wildman–Crippen MR) is 137 cm³/mol. The summed E-state index contributed by atoms with van der Waals surface area (Å²) >= 11 is 0. The van der Waals surface area contributed by atoms with Gasteiger partial charge in [0, 0.05) is 43.7 Å². The Hall–Kier alpha value is -3.19. The molecular formula is C30H32F4N2O. The summed E-state index contributed by atoms with van der Waals surface area (Å²) in [5.41, 5.74) is 3.01. The van der Waals surface area contributed by atoms with Crippen LogP contribution in [-0.4, -0.2) is 41.4 Å². The molecule has 3 aromatic rings. The van der Waals surface area contributed by atoms with Gasteiger partial charge >= 0.3 is 6.18 Å². The number of hydrogen-bond donors (Lipinski definition) is 0. The number of carbonyl (C=O) groups excluding carboxylic acids is 1. The highest BCUT2D eigenvalue weighted by Gasteiger charge is 2.37. The van der Waals surface area contributed by atoms with Crippen molar-refractivity contribution in [2.45, 2.75) is 45.5 Å². The number of likely N-dealkylation sites (tertiary alicyclic amines) is 1. The van der Waals surface area contributed by atoms with Gasteiger partial charge in [0.1, 0.15) is 5.82 Å². The summed E-state index contributed by atoms with van der Waals surface area (Å²) in [5.74, 6) is -0.234. The maximum Gasteiger partial charge on any atom is 0.416 e. The first-order chi connectivity index (χ1) is 17.5. The van der Waals surface area contributed by atoms with Crippen LogP contribution in [0.3, 0.4) is 0 Å². The number of benzene rings is 3. The van der Waals surface area contributed by atoms with E-state index in [-0.39, 0.29) is 29.6 Å². The third kappa shape index (κ3) is 6.39. The minimum atomic E-state index is -4.36. The van der Waals surface area contributed by atoms with Gasteiger partial charge in [0.05, 0.1) is 5.56 Å². The second-order valence-corrected chi connectivity index (χ2v) is 10.2. The average molecular weight is 513 g/mol. The fraction of sp³-hybridized carbons (Fsp3) is 0.367. The topological polar surface area (TPSA) is 23.6 Å². The van der Waals surface area contributed by atoms with E-state index in [2.05, 4.69) is 24.0 Å². The molecule has 1 aliphatic heterocycles. The van der Waals surface area contributed by atoms with E-state index in [4.69, 9.17) is 0 Å². The number of halogens is 4. The molecular weight excluding hydrogens is 480 g/mol. The highest BCUT2D eigenvalue weighted by Crippen LogP contribution is 2.36. The number of amides is 1. The van der Waals surface area contributed by atoms with Crippen molar-refractivity contribution in [1.82, 2.24) is 9.80 Å². The molecule has 0 radical (unpaired) electrons. The van der Waals surface area contributed by atoms with Crippen LogP contribution >= 0.6 is 0 Å². The first kappa shape index (κ1) is 26.9. The summed E-state index contributed by atoms with van der Waals surface area (Å²) in [4.78, 5) is 17.5. The fourth-order valence-corrected chi connectivity index (χ4v) is 5.23. The number of carbonyl (C=O) groups is 1. The Labute approximate surface area is 215 Å². The standard InChI is InChI=1S/C30H32F4N2O/c1-20(2)36(29(37)23-10-14-26(31)15-11-23)18-24-17-35(19-28(24)27-7-5-4-6-21(27)3)16-22-8-12-25(13-9-22)30(32,33)34/h4-15,20,24,28H,16-19H2,1-3H3/t24-,28-/m1/s1. The van der Waals surface area contributed by atoms with Crippen LogP contribution in [0.1, 0.15) is 52.4 Å². The maximum absolute atomic E-state index is 13.4. The minimum absolute atomic E-state index is 0.0564. The number of nitrogens with zero attached hydrogens (tertiary/aromatic N) is 2. The van der Waals surface area contributed by atoms with Gasteiger partial charge in [0.25, 0.3) is 5.91 Å². The normalized spacial score (nSPS) is 18.4. The van der Waals surface area contributed by atoms with Crippen molar-refractivity contribution < 1.29 is 22.4 Å². The Kier molecular flexibility index (Phi) is 8.02. The summed E-state index contributed by atoms with van der Waals surface area (Å²) < 4.78 is 52.4. The molecule has 196 valence electrons. The van der Waals surface area contributed by atoms with Gasteiger partial charge < -0.3 is 4.90 Å². The van der Waals surface area contributed by atoms with E-state index in [9.17, 15) is 22.4 Å². The van der Waals surface area contributed by atoms with Crippen LogP contribution in [-0.2, 0) is 12.7 Å². The molecule has 1 saturated heterocycles. The molecule has 0 unspecified atom stereocenters. The Balaban J connectivity index is 1.57. The number of rotatable bonds is 7. The largest absolute Gasteiger partial charge is 0.416 e. The van der Waals surface area contributed by atoms with Gasteiger partial charge in [0.2, 0.25) is 0 Å². The quantitative estimate of drug-likeness (QED) is 0.321. The lowest BCUT2D eigenvalue weighted by Gasteiger charge is -2.32. The van der Waals surface area contributed by atoms with Gasteiger partial charge in [0.15, 0.2) is 0 Å². The van der Waals surface area contributed by atoms with Gasteiger partial charge in [-0.3, -0.25) is 9.69 Å². The summed E-state index contributed by atoms with van der Waals surface area (Å²) in [6, 6.07) is 19.1. The minimum Gasteiger partial charge on any atom is -0.336 e. The highest BCUT2D eigenvalue weighted by molar-refractivity contribution is 5.94. The lowest BCUT2D eigenvalue weighted by Crippen LogP contribution is -2.42. The second-order valence-electron chi connectivity index (χ2n) is 10.2. The van der Waals surface area contributed by atoms with E-state index in [1.165, 1.54) is 47.5 Å². The van der Waals surface area contributed by atoms with Gasteiger partial charge in [-0.15, -0.1) is 0 Å². The molecule has 7 heteroatoms. The fourth-order valence-electron chi connectivity index (χ4n) is 5.23. The van der Waals surface area contributed by atoms with E-state index in [0.717, 1.165) is 24.2 Å². The van der Waals surface area contributed by atoms with E-state index < -0.39 is 11.7 Å². The molecule has 2 atom stereocenters. The van der Waals surface area contributed by atoms with Crippen LogP contribution in [0.25, 0.3) is 0 Å². The van der Waals surface area contributed by atoms with Crippen LogP contribution < -0.4 is 0 Å². The van der Waals surface area contributed by atoms with E-state index in [1.807, 2.05) is 30.9 Å². The van der Waals surface area contributed by atoms with Crippen LogP contribution in [0.2, 0.25) is 0 Å². The Morgan fingerprint density at radius 2 is 1.62 bits per heavy atom. The summed E-state index contributed by atoms with van der Waals surface area (Å²) in [5, 5.41) is 0. The van der Waals surface area contributed by atoms with Crippen molar-refractivity contribution in [1.29, 1.82) is 0 Å². The van der Waals surface area contributed by atoms with Gasteiger partial charge in [-0.25, -0.2) is 4.39 Å². The van der Waals surface area contributed by atoms with Crippen molar-refractivity contribution in [3.05, 3.63) is 106 Å². The Morgan fingerprint density at radius 3 is 2.22 bits per heavy atom. The molecule has 3 nitrogen and oxygen atoms in total. The van der Waals surface area contributed by atoms with Crippen molar-refractivity contribution in [2.24, 2.45) is 5.92 Å². The first-order valence-corrected chi connectivity index (χ1v) is 12.5. The summed E-state index contributed by atoms with van der Waals surface area (Å²) in [7, 11) is 0. The number of alkyl halides is 3. The van der Waals surface area contributed by atoms with Crippen molar-refractivity contribution in [3.63, 3.8) is 0 Å². The van der Waals surface area contributed by atoms with Crippen molar-refractivity contribution in [2.75, 3.05) is 19.6 Å². The zero-order valence-corrected chi connectivity index (χ0v) is 21.3. The van der Waals surface area contributed by atoms with E-state index >= 15 is 0 Å². The third-order valence-electron chi connectivity index (χ3n) is 7.20. The zero-order chi connectivity index (χ0) is 26.7. The lowest BCUT2D eigenvalue weighted by atomic mass is 9.86. The molecule has 1 fully saturated rings. The smallest absolute Gasteiger partial charge is 0.336 e. The lowest BCUT2D eigenvalue weighted by molar-refractivity contribution is -0.137. The molecule has 0 aromatic heterocycles. The molecule has 0 N–H and O–H groups in total. The van der Waals surface area contributed by atoms with Gasteiger partial charge in [-0.05, 0) is 79.8 Å². The highest BCUT2D eigenvalue weighted by atomic mass is 19.4. The zero-order valence-electron chi connectivity index (χ0n) is 21.3. The number of hydrogen-bond acceptors (Lipinski definition) is 2. The van der Waals surface area contributed by atoms with Crippen LogP contribution in [0.4, 0.5) is 17.6 Å². The van der Waals surface area contributed by atoms with Crippen molar-refractivity contribution in [3.8, 4) is 0 Å². The summed E-state index contributed by atoms with van der Waals surface area (Å²) in [6.07, 6.45) is -4.36. The molecule has 37 heavy (non-hydrogen) atoms. The predicted octanol–water partition coefficient (Wildman–Crippen LogP) is 6.92. The first-order valence-electron chi connectivity index (χ1n) is 12.5. The monoisotopic (exact) mass is 512 g/mol. The van der Waals surface area contributed by atoms with Gasteiger partial charge in [-0.2, -0.15) is 13.2 Å². The van der Waals surface area contributed by atoms with E-state index in [1.54, 1.807) is 0 Å². The molecule has 1 heterocycles. The molecule has 0 spiro atoms. The molecule has 0 aliphatic carbocycles. The van der Waals surface area contributed by atoms with E-state index in [0.29, 0.717) is 25.2 Å². The Bertz CT molecular complexity index is 1210. The number of aryl methyl sites for hydroxylation is 1. The Morgan fingerprint density at radius 1 is 0.973 bits per heavy atom. The maximum atomic E-state index is 13.4. The van der Waals surface area contributed by atoms with Crippen LogP contribution in [0.5, 0.6) is 0 Å². The average Bonchev–Trinajstić information content (AvgIpc) is 3.24. The molecule has 0 bridgehead atoms. The third-order valence-corrected chi connectivity index (χ3v) is 7.20. The molecule has 1 aliphatic rings. The van der Waals surface area contributed by atoms with Crippen molar-refractivity contribution >= 4 is 5.91 Å². The van der Waals surface area contributed by atoms with Crippen LogP contribution in [0.15, 0.2) is 72.8 Å². The van der Waals surface area contributed by atoms with Crippen LogP contribution in [0, 0.1) is 18.7 Å². The molecule has 4 rings (SSSR count). The second kappa shape index (κ2) is 11.1. The summed E-state index contributed by atoms with van der Waals surface area (Å²) in [6.45, 7) is 8.53. The van der Waals surface area contributed by atoms with Gasteiger partial charge in [-0.1, -0.05) is 36.4 Å². The molecule has 1 amide bonds. The molecule has 3 aromatic carbocycles. The SMILES string of the molecule is Cc1ccccc1[C@@H]1CN(Cc2ccc(C(F)(F)F)cc2)C[C@@H]1CN(C(=O)c1ccc(F)cc1)C(C)C.